The zero-order valence-electron chi connectivity index (χ0n) is 13.2. The predicted molar refractivity (Wildman–Crippen MR) is 91.5 cm³/mol. The number of hydrogen-bond acceptors (Lipinski definition) is 5. The van der Waals surface area contributed by atoms with Gasteiger partial charge >= 0.3 is 0 Å². The number of carbonyl (C=O) groups excluding carboxylic acids is 1. The number of aromatic nitrogens is 6. The lowest BCUT2D eigenvalue weighted by molar-refractivity contribution is 0.102. The van der Waals surface area contributed by atoms with Crippen LogP contribution in [0.25, 0.3) is 5.65 Å². The van der Waals surface area contributed by atoms with Crippen LogP contribution in [0.5, 0.6) is 0 Å². The second-order valence-electron chi connectivity index (χ2n) is 5.37. The Labute approximate surface area is 151 Å². The van der Waals surface area contributed by atoms with Gasteiger partial charge in [-0.15, -0.1) is 5.10 Å². The molecule has 0 aliphatic rings. The molecule has 0 radical (unpaired) electrons. The van der Waals surface area contributed by atoms with Crippen LogP contribution in [0.1, 0.15) is 16.1 Å². The molecule has 0 bridgehead atoms. The molecule has 1 aromatic carbocycles. The van der Waals surface area contributed by atoms with Gasteiger partial charge in [-0.05, 0) is 18.2 Å². The lowest BCUT2D eigenvalue weighted by Crippen LogP contribution is -2.14. The largest absolute Gasteiger partial charge is 0.288 e. The van der Waals surface area contributed by atoms with Gasteiger partial charge in [0.1, 0.15) is 12.1 Å². The van der Waals surface area contributed by atoms with E-state index in [1.807, 2.05) is 0 Å². The van der Waals surface area contributed by atoms with E-state index in [0.717, 1.165) is 0 Å². The summed E-state index contributed by atoms with van der Waals surface area (Å²) < 4.78 is 16.7. The molecule has 0 unspecified atom stereocenters. The van der Waals surface area contributed by atoms with Crippen molar-refractivity contribution in [3.8, 4) is 0 Å². The van der Waals surface area contributed by atoms with Gasteiger partial charge in [-0.25, -0.2) is 23.6 Å². The topological polar surface area (TPSA) is 90.0 Å². The molecule has 4 aromatic rings. The number of hydrogen-bond donors (Lipinski definition) is 1. The van der Waals surface area contributed by atoms with Gasteiger partial charge in [-0.1, -0.05) is 17.7 Å². The molecule has 3 aromatic heterocycles. The predicted octanol–water partition coefficient (Wildman–Crippen LogP) is 2.41. The maximum atomic E-state index is 13.8. The normalized spacial score (nSPS) is 11.0. The summed E-state index contributed by atoms with van der Waals surface area (Å²) in [4.78, 5) is 20.4. The maximum absolute atomic E-state index is 13.8. The first-order chi connectivity index (χ1) is 12.6. The third kappa shape index (κ3) is 3.11. The zero-order valence-corrected chi connectivity index (χ0v) is 13.9. The molecule has 130 valence electrons. The first kappa shape index (κ1) is 16.2. The molecule has 1 amide bonds. The summed E-state index contributed by atoms with van der Waals surface area (Å²) in [5, 5.41) is 11.1. The number of anilines is 1. The van der Waals surface area contributed by atoms with Crippen molar-refractivity contribution in [1.29, 1.82) is 0 Å². The molecule has 0 aliphatic heterocycles. The van der Waals surface area contributed by atoms with Crippen molar-refractivity contribution in [3.63, 3.8) is 0 Å². The molecule has 4 rings (SSSR count). The molecule has 26 heavy (non-hydrogen) atoms. The lowest BCUT2D eigenvalue weighted by atomic mass is 10.2. The van der Waals surface area contributed by atoms with Gasteiger partial charge in [0, 0.05) is 29.0 Å². The minimum absolute atomic E-state index is 0.0764. The molecule has 0 spiro atoms. The number of benzene rings is 1. The van der Waals surface area contributed by atoms with E-state index in [1.165, 1.54) is 27.7 Å². The van der Waals surface area contributed by atoms with E-state index in [2.05, 4.69) is 25.5 Å². The summed E-state index contributed by atoms with van der Waals surface area (Å²) in [6, 6.07) is 7.69. The Balaban J connectivity index is 1.50. The van der Waals surface area contributed by atoms with Gasteiger partial charge in [-0.2, -0.15) is 5.10 Å². The fraction of sp³-hybridized carbons (Fsp3) is 0.0625. The smallest absolute Gasteiger partial charge is 0.278 e. The Morgan fingerprint density at radius 1 is 1.23 bits per heavy atom. The highest BCUT2D eigenvalue weighted by molar-refractivity contribution is 6.31. The summed E-state index contributed by atoms with van der Waals surface area (Å²) in [7, 11) is 0. The Morgan fingerprint density at radius 2 is 2.12 bits per heavy atom. The molecule has 0 saturated carbocycles. The number of amides is 1. The van der Waals surface area contributed by atoms with Crippen LogP contribution in [0.15, 0.2) is 49.1 Å². The summed E-state index contributed by atoms with van der Waals surface area (Å²) in [5.74, 6) is -0.833. The Bertz CT molecular complexity index is 1050. The lowest BCUT2D eigenvalue weighted by Gasteiger charge is -2.05. The maximum Gasteiger partial charge on any atom is 0.278 e. The molecular formula is C16H11ClFN7O. The highest BCUT2D eigenvalue weighted by Gasteiger charge is 2.14. The van der Waals surface area contributed by atoms with Crippen molar-refractivity contribution in [2.75, 3.05) is 5.32 Å². The number of rotatable bonds is 4. The van der Waals surface area contributed by atoms with Gasteiger partial charge in [0.25, 0.3) is 5.91 Å². The third-order valence-corrected chi connectivity index (χ3v) is 3.97. The van der Waals surface area contributed by atoms with E-state index in [1.54, 1.807) is 30.6 Å². The third-order valence-electron chi connectivity index (χ3n) is 3.61. The molecule has 0 atom stereocenters. The van der Waals surface area contributed by atoms with Crippen molar-refractivity contribution in [3.05, 3.63) is 71.2 Å². The number of nitrogens with one attached hydrogen (secondary N) is 1. The molecule has 1 N–H and O–H groups in total. The summed E-state index contributed by atoms with van der Waals surface area (Å²) in [6.45, 7) is 0.0899. The van der Waals surface area contributed by atoms with Crippen LogP contribution in [-0.2, 0) is 6.54 Å². The number of carbonyl (C=O) groups is 1. The van der Waals surface area contributed by atoms with Crippen molar-refractivity contribution in [2.24, 2.45) is 0 Å². The van der Waals surface area contributed by atoms with E-state index in [4.69, 9.17) is 11.6 Å². The van der Waals surface area contributed by atoms with E-state index >= 15 is 0 Å². The highest BCUT2D eigenvalue weighted by Crippen LogP contribution is 2.19. The van der Waals surface area contributed by atoms with E-state index in [9.17, 15) is 9.18 Å². The van der Waals surface area contributed by atoms with Gasteiger partial charge in [0.05, 0.1) is 6.54 Å². The van der Waals surface area contributed by atoms with Crippen LogP contribution in [0.2, 0.25) is 5.02 Å². The van der Waals surface area contributed by atoms with Crippen molar-refractivity contribution < 1.29 is 9.18 Å². The monoisotopic (exact) mass is 371 g/mol. The van der Waals surface area contributed by atoms with E-state index in [0.29, 0.717) is 16.2 Å². The van der Waals surface area contributed by atoms with Gasteiger partial charge in [0.15, 0.2) is 11.3 Å². The average molecular weight is 372 g/mol. The average Bonchev–Trinajstić information content (AvgIpc) is 3.25. The second-order valence-corrected chi connectivity index (χ2v) is 5.78. The molecule has 8 nitrogen and oxygen atoms in total. The fourth-order valence-electron chi connectivity index (χ4n) is 2.38. The Morgan fingerprint density at radius 3 is 2.92 bits per heavy atom. The molecule has 0 fully saturated rings. The Hall–Kier alpha value is -3.33. The van der Waals surface area contributed by atoms with E-state index in [-0.39, 0.29) is 18.2 Å². The van der Waals surface area contributed by atoms with Crippen LogP contribution in [0.4, 0.5) is 10.3 Å². The van der Waals surface area contributed by atoms with Crippen LogP contribution < -0.4 is 5.32 Å². The van der Waals surface area contributed by atoms with Gasteiger partial charge in [0.2, 0.25) is 5.95 Å². The van der Waals surface area contributed by atoms with Crippen molar-refractivity contribution >= 4 is 29.1 Å². The van der Waals surface area contributed by atoms with Crippen molar-refractivity contribution in [1.82, 2.24) is 29.4 Å². The summed E-state index contributed by atoms with van der Waals surface area (Å²) in [5.41, 5.74) is 1.02. The van der Waals surface area contributed by atoms with E-state index < -0.39 is 11.7 Å². The highest BCUT2D eigenvalue weighted by atomic mass is 35.5. The standard InChI is InChI=1S/C16H11ClFN7O/c17-11-3-1-4-12(18)10(11)8-24-9-20-16(23-24)21-15(26)13-7-14-19-5-2-6-25(14)22-13/h1-7,9H,8H2,(H,21,23,26). The van der Waals surface area contributed by atoms with Crippen LogP contribution in [-0.4, -0.2) is 35.3 Å². The number of fused-ring (bicyclic) bond motifs is 1. The SMILES string of the molecule is O=C(Nc1ncn(Cc2c(F)cccc2Cl)n1)c1cc2ncccn2n1. The summed E-state index contributed by atoms with van der Waals surface area (Å²) in [6.07, 6.45) is 4.67. The number of nitrogens with zero attached hydrogens (tertiary/aromatic N) is 6. The number of halogens is 2. The minimum atomic E-state index is -0.475. The minimum Gasteiger partial charge on any atom is -0.288 e. The van der Waals surface area contributed by atoms with Crippen LogP contribution in [0, 0.1) is 5.82 Å². The first-order valence-electron chi connectivity index (χ1n) is 7.54. The van der Waals surface area contributed by atoms with Crippen LogP contribution in [0.3, 0.4) is 0 Å². The second kappa shape index (κ2) is 6.52. The molecular weight excluding hydrogens is 361 g/mol. The fourth-order valence-corrected chi connectivity index (χ4v) is 2.60. The van der Waals surface area contributed by atoms with Gasteiger partial charge < -0.3 is 0 Å². The zero-order chi connectivity index (χ0) is 18.1. The quantitative estimate of drug-likeness (QED) is 0.595. The molecule has 0 saturated heterocycles. The van der Waals surface area contributed by atoms with Gasteiger partial charge in [-0.3, -0.25) is 10.1 Å². The first-order valence-corrected chi connectivity index (χ1v) is 7.92. The van der Waals surface area contributed by atoms with Crippen molar-refractivity contribution in [2.45, 2.75) is 6.54 Å². The molecule has 10 heteroatoms. The molecule has 0 aliphatic carbocycles. The Kier molecular flexibility index (Phi) is 4.05. The summed E-state index contributed by atoms with van der Waals surface area (Å²) >= 11 is 6.00. The molecule has 3 heterocycles. The van der Waals surface area contributed by atoms with Crippen LogP contribution >= 0.6 is 11.6 Å².